The largest absolute Gasteiger partial charge is 0.366 e. The van der Waals surface area contributed by atoms with Gasteiger partial charge in [-0.05, 0) is 19.9 Å². The number of fused-ring (bicyclic) bond motifs is 1. The van der Waals surface area contributed by atoms with E-state index in [2.05, 4.69) is 33.6 Å². The molecule has 104 valence electrons. The van der Waals surface area contributed by atoms with Gasteiger partial charge in [0.2, 0.25) is 5.95 Å². The smallest absolute Gasteiger partial charge is 0.225 e. The molecule has 0 aliphatic rings. The molecule has 0 amide bonds. The molecular weight excluding hydrogens is 280 g/mol. The number of aryl methyl sites for hydroxylation is 1. The van der Waals surface area contributed by atoms with E-state index in [0.29, 0.717) is 11.7 Å². The zero-order valence-corrected chi connectivity index (χ0v) is 13.1. The third-order valence-corrected chi connectivity index (χ3v) is 4.52. The summed E-state index contributed by atoms with van der Waals surface area (Å²) in [7, 11) is 0.978. The predicted octanol–water partition coefficient (Wildman–Crippen LogP) is 2.22. The fourth-order valence-electron chi connectivity index (χ4n) is 1.89. The molecule has 2 aromatic rings. The van der Waals surface area contributed by atoms with Crippen molar-refractivity contribution in [2.24, 2.45) is 0 Å². The lowest BCUT2D eigenvalue weighted by Gasteiger charge is -2.14. The van der Waals surface area contributed by atoms with Crippen molar-refractivity contribution >= 4 is 44.1 Å². The van der Waals surface area contributed by atoms with Crippen molar-refractivity contribution in [1.29, 1.82) is 0 Å². The van der Waals surface area contributed by atoms with Gasteiger partial charge in [0.25, 0.3) is 0 Å². The van der Waals surface area contributed by atoms with Crippen LogP contribution in [0.1, 0.15) is 11.8 Å². The van der Waals surface area contributed by atoms with Crippen LogP contribution in [0, 0.1) is 6.92 Å². The normalized spacial score (nSPS) is 14.3. The highest BCUT2D eigenvalue weighted by atomic mass is 32.2. The van der Waals surface area contributed by atoms with Gasteiger partial charge in [-0.3, -0.25) is 4.21 Å². The van der Waals surface area contributed by atoms with Crippen LogP contribution >= 0.6 is 11.3 Å². The van der Waals surface area contributed by atoms with E-state index in [-0.39, 0.29) is 6.04 Å². The van der Waals surface area contributed by atoms with Crippen LogP contribution in [-0.2, 0) is 10.8 Å². The van der Waals surface area contributed by atoms with Crippen molar-refractivity contribution in [1.82, 2.24) is 9.97 Å². The summed E-state index contributed by atoms with van der Waals surface area (Å²) < 4.78 is 11.3. The predicted molar refractivity (Wildman–Crippen MR) is 83.7 cm³/mol. The molecule has 5 nitrogen and oxygen atoms in total. The van der Waals surface area contributed by atoms with Crippen molar-refractivity contribution in [3.8, 4) is 0 Å². The van der Waals surface area contributed by atoms with Crippen molar-refractivity contribution in [3.63, 3.8) is 0 Å². The van der Waals surface area contributed by atoms with E-state index in [1.165, 1.54) is 4.88 Å². The molecular formula is C12H18N4OS2. The van der Waals surface area contributed by atoms with Gasteiger partial charge in [-0.2, -0.15) is 4.98 Å². The van der Waals surface area contributed by atoms with Gasteiger partial charge in [-0.1, -0.05) is 0 Å². The highest BCUT2D eigenvalue weighted by molar-refractivity contribution is 7.84. The second-order valence-electron chi connectivity index (χ2n) is 4.51. The molecule has 0 aliphatic heterocycles. The van der Waals surface area contributed by atoms with Gasteiger partial charge in [0.1, 0.15) is 10.6 Å². The molecule has 2 unspecified atom stereocenters. The first-order valence-electron chi connectivity index (χ1n) is 6.02. The summed E-state index contributed by atoms with van der Waals surface area (Å²) in [6, 6.07) is 2.19. The molecule has 7 heteroatoms. The molecule has 2 rings (SSSR count). The van der Waals surface area contributed by atoms with Crippen LogP contribution in [0.4, 0.5) is 11.8 Å². The summed E-state index contributed by atoms with van der Waals surface area (Å²) in [5, 5.41) is 7.32. The molecule has 2 atom stereocenters. The molecule has 0 fully saturated rings. The summed E-state index contributed by atoms with van der Waals surface area (Å²) in [5.41, 5.74) is 0. The van der Waals surface area contributed by atoms with E-state index in [0.717, 1.165) is 16.0 Å². The summed E-state index contributed by atoms with van der Waals surface area (Å²) in [6.45, 7) is 4.06. The molecule has 0 bridgehead atoms. The summed E-state index contributed by atoms with van der Waals surface area (Å²) in [4.78, 5) is 11.1. The van der Waals surface area contributed by atoms with Gasteiger partial charge < -0.3 is 10.6 Å². The molecule has 19 heavy (non-hydrogen) atoms. The van der Waals surface area contributed by atoms with Gasteiger partial charge in [0.05, 0.1) is 5.39 Å². The van der Waals surface area contributed by atoms with Crippen LogP contribution in [-0.4, -0.2) is 39.3 Å². The Hall–Kier alpha value is -1.21. The summed E-state index contributed by atoms with van der Waals surface area (Å²) >= 11 is 1.65. The van der Waals surface area contributed by atoms with Gasteiger partial charge in [0.15, 0.2) is 0 Å². The number of nitrogens with one attached hydrogen (secondary N) is 2. The third kappa shape index (κ3) is 3.42. The fraction of sp³-hybridized carbons (Fsp3) is 0.500. The van der Waals surface area contributed by atoms with Crippen LogP contribution in [0.5, 0.6) is 0 Å². The Morgan fingerprint density at radius 1 is 1.47 bits per heavy atom. The molecule has 0 radical (unpaired) electrons. The Bertz CT molecular complexity index is 611. The number of rotatable bonds is 5. The van der Waals surface area contributed by atoms with E-state index in [1.807, 2.05) is 6.92 Å². The van der Waals surface area contributed by atoms with Crippen LogP contribution < -0.4 is 10.6 Å². The van der Waals surface area contributed by atoms with Crippen LogP contribution in [0.15, 0.2) is 6.07 Å². The maximum absolute atomic E-state index is 11.3. The second kappa shape index (κ2) is 5.83. The van der Waals surface area contributed by atoms with E-state index < -0.39 is 10.8 Å². The monoisotopic (exact) mass is 298 g/mol. The zero-order valence-electron chi connectivity index (χ0n) is 11.5. The van der Waals surface area contributed by atoms with Gasteiger partial charge in [-0.15, -0.1) is 11.3 Å². The number of aromatic nitrogens is 2. The number of hydrogen-bond donors (Lipinski definition) is 2. The van der Waals surface area contributed by atoms with Gasteiger partial charge in [0, 0.05) is 40.8 Å². The maximum Gasteiger partial charge on any atom is 0.225 e. The van der Waals surface area contributed by atoms with E-state index >= 15 is 0 Å². The zero-order chi connectivity index (χ0) is 14.0. The number of hydrogen-bond acceptors (Lipinski definition) is 6. The molecule has 0 saturated carbocycles. The average Bonchev–Trinajstić information content (AvgIpc) is 2.68. The van der Waals surface area contributed by atoms with Gasteiger partial charge in [-0.25, -0.2) is 4.98 Å². The maximum atomic E-state index is 11.3. The number of nitrogens with zero attached hydrogens (tertiary/aromatic N) is 2. The first-order chi connectivity index (χ1) is 8.99. The quantitative estimate of drug-likeness (QED) is 0.886. The average molecular weight is 298 g/mol. The lowest BCUT2D eigenvalue weighted by Crippen LogP contribution is -2.23. The molecule has 2 heterocycles. The lowest BCUT2D eigenvalue weighted by atomic mass is 10.3. The molecule has 2 N–H and O–H groups in total. The van der Waals surface area contributed by atoms with Crippen LogP contribution in [0.3, 0.4) is 0 Å². The van der Waals surface area contributed by atoms with Crippen molar-refractivity contribution < 1.29 is 4.21 Å². The van der Waals surface area contributed by atoms with Crippen molar-refractivity contribution in [3.05, 3.63) is 10.9 Å². The lowest BCUT2D eigenvalue weighted by molar-refractivity contribution is 0.683. The minimum atomic E-state index is -0.824. The fourth-order valence-corrected chi connectivity index (χ4v) is 3.56. The summed E-state index contributed by atoms with van der Waals surface area (Å²) in [5.74, 6) is 2.00. The summed E-state index contributed by atoms with van der Waals surface area (Å²) in [6.07, 6.45) is 1.71. The highest BCUT2D eigenvalue weighted by Crippen LogP contribution is 2.29. The first-order valence-corrected chi connectivity index (χ1v) is 8.56. The van der Waals surface area contributed by atoms with Crippen LogP contribution in [0.25, 0.3) is 10.2 Å². The van der Waals surface area contributed by atoms with Crippen LogP contribution in [0.2, 0.25) is 0 Å². The molecule has 0 spiro atoms. The Kier molecular flexibility index (Phi) is 4.36. The second-order valence-corrected chi connectivity index (χ2v) is 7.22. The van der Waals surface area contributed by atoms with E-state index in [9.17, 15) is 4.21 Å². The number of thiophene rings is 1. The molecule has 0 aromatic carbocycles. The minimum Gasteiger partial charge on any atom is -0.366 e. The van der Waals surface area contributed by atoms with Crippen molar-refractivity contribution in [2.45, 2.75) is 19.9 Å². The van der Waals surface area contributed by atoms with E-state index in [4.69, 9.17) is 0 Å². The Balaban J connectivity index is 2.37. The molecule has 2 aromatic heterocycles. The number of anilines is 2. The Morgan fingerprint density at radius 2 is 2.21 bits per heavy atom. The SMILES string of the molecule is CNc1nc(NC(C)CS(C)=O)c2cc(C)sc2n1. The third-order valence-electron chi connectivity index (χ3n) is 2.61. The molecule has 0 aliphatic carbocycles. The Morgan fingerprint density at radius 3 is 2.84 bits per heavy atom. The minimum absolute atomic E-state index is 0.105. The molecule has 0 saturated heterocycles. The highest BCUT2D eigenvalue weighted by Gasteiger charge is 2.12. The van der Waals surface area contributed by atoms with Crippen molar-refractivity contribution in [2.75, 3.05) is 29.7 Å². The Labute approximate surface area is 119 Å². The standard InChI is InChI=1S/C12H18N4OS2/c1-7(6-19(4)17)14-10-9-5-8(2)18-11(9)16-12(13-3)15-10/h5,7H,6H2,1-4H3,(H2,13,14,15,16). The van der Waals surface area contributed by atoms with Gasteiger partial charge >= 0.3 is 0 Å². The van der Waals surface area contributed by atoms with E-state index in [1.54, 1.807) is 24.6 Å². The topological polar surface area (TPSA) is 66.9 Å². The first kappa shape index (κ1) is 14.2.